The summed E-state index contributed by atoms with van der Waals surface area (Å²) in [6.45, 7) is 3.58. The normalized spacial score (nSPS) is 24.1. The van der Waals surface area contributed by atoms with E-state index in [4.69, 9.17) is 0 Å². The highest BCUT2D eigenvalue weighted by Gasteiger charge is 2.28. The van der Waals surface area contributed by atoms with Crippen molar-refractivity contribution in [3.05, 3.63) is 12.4 Å². The summed E-state index contributed by atoms with van der Waals surface area (Å²) in [6, 6.07) is 0.266. The summed E-state index contributed by atoms with van der Waals surface area (Å²) < 4.78 is 1.82. The first-order valence-electron chi connectivity index (χ1n) is 6.97. The second-order valence-electron chi connectivity index (χ2n) is 5.52. The Morgan fingerprint density at radius 2 is 2.37 bits per heavy atom. The standard InChI is InChI=1S/C13H21N5O/c1-17-9-12(7-15-17)18-4-2-3-11(8-18)16-13(19)10-5-14-6-10/h7,9-11,14H,2-6,8H2,1H3,(H,16,19). The lowest BCUT2D eigenvalue weighted by molar-refractivity contribution is -0.127. The van der Waals surface area contributed by atoms with Gasteiger partial charge in [0.1, 0.15) is 0 Å². The average Bonchev–Trinajstić information content (AvgIpc) is 2.74. The molecule has 3 rings (SSSR count). The molecule has 0 radical (unpaired) electrons. The molecule has 1 atom stereocenters. The van der Waals surface area contributed by atoms with Crippen molar-refractivity contribution in [2.75, 3.05) is 31.1 Å². The van der Waals surface area contributed by atoms with Crippen molar-refractivity contribution in [1.82, 2.24) is 20.4 Å². The van der Waals surface area contributed by atoms with Gasteiger partial charge >= 0.3 is 0 Å². The quantitative estimate of drug-likeness (QED) is 0.788. The van der Waals surface area contributed by atoms with E-state index in [9.17, 15) is 4.79 Å². The maximum atomic E-state index is 12.0. The van der Waals surface area contributed by atoms with Crippen LogP contribution in [0.2, 0.25) is 0 Å². The highest BCUT2D eigenvalue weighted by molar-refractivity contribution is 5.80. The molecule has 0 spiro atoms. The molecule has 0 aromatic carbocycles. The van der Waals surface area contributed by atoms with Gasteiger partial charge in [0.25, 0.3) is 0 Å². The Hall–Kier alpha value is -1.56. The van der Waals surface area contributed by atoms with E-state index < -0.39 is 0 Å². The van der Waals surface area contributed by atoms with Gasteiger partial charge in [-0.2, -0.15) is 5.10 Å². The number of hydrogen-bond donors (Lipinski definition) is 2. The van der Waals surface area contributed by atoms with Crippen molar-refractivity contribution in [1.29, 1.82) is 0 Å². The molecule has 6 heteroatoms. The number of nitrogens with zero attached hydrogens (tertiary/aromatic N) is 3. The molecule has 6 nitrogen and oxygen atoms in total. The SMILES string of the molecule is Cn1cc(N2CCCC(NC(=O)C3CNC3)C2)cn1. The van der Waals surface area contributed by atoms with Crippen LogP contribution in [0.25, 0.3) is 0 Å². The monoisotopic (exact) mass is 263 g/mol. The maximum absolute atomic E-state index is 12.0. The van der Waals surface area contributed by atoms with Crippen LogP contribution >= 0.6 is 0 Å². The molecule has 0 bridgehead atoms. The molecule has 1 unspecified atom stereocenters. The van der Waals surface area contributed by atoms with Crippen LogP contribution in [-0.2, 0) is 11.8 Å². The molecule has 1 aromatic heterocycles. The van der Waals surface area contributed by atoms with Gasteiger partial charge in [-0.15, -0.1) is 0 Å². The van der Waals surface area contributed by atoms with E-state index in [0.717, 1.165) is 44.7 Å². The first kappa shape index (κ1) is 12.5. The first-order chi connectivity index (χ1) is 9.22. The Morgan fingerprint density at radius 1 is 1.53 bits per heavy atom. The third-order valence-corrected chi connectivity index (χ3v) is 3.98. The molecule has 2 saturated heterocycles. The van der Waals surface area contributed by atoms with Gasteiger partial charge in [-0.3, -0.25) is 9.48 Å². The molecule has 2 aliphatic heterocycles. The minimum Gasteiger partial charge on any atom is -0.367 e. The van der Waals surface area contributed by atoms with Crippen molar-refractivity contribution in [2.24, 2.45) is 13.0 Å². The van der Waals surface area contributed by atoms with Crippen molar-refractivity contribution in [3.63, 3.8) is 0 Å². The molecule has 1 amide bonds. The largest absolute Gasteiger partial charge is 0.367 e. The number of amides is 1. The lowest BCUT2D eigenvalue weighted by Crippen LogP contribution is -2.55. The van der Waals surface area contributed by atoms with Gasteiger partial charge in [0.2, 0.25) is 5.91 Å². The van der Waals surface area contributed by atoms with E-state index >= 15 is 0 Å². The summed E-state index contributed by atoms with van der Waals surface area (Å²) >= 11 is 0. The second-order valence-corrected chi connectivity index (χ2v) is 5.52. The third kappa shape index (κ3) is 2.73. The molecule has 104 valence electrons. The number of carbonyl (C=O) groups excluding carboxylic acids is 1. The highest BCUT2D eigenvalue weighted by Crippen LogP contribution is 2.19. The number of aryl methyl sites for hydroxylation is 1. The molecule has 1 aromatic rings. The zero-order chi connectivity index (χ0) is 13.2. The smallest absolute Gasteiger partial charge is 0.225 e. The molecular weight excluding hydrogens is 242 g/mol. The number of hydrogen-bond acceptors (Lipinski definition) is 4. The summed E-state index contributed by atoms with van der Waals surface area (Å²) in [6.07, 6.45) is 6.10. The molecule has 3 heterocycles. The Balaban J connectivity index is 1.57. The molecule has 19 heavy (non-hydrogen) atoms. The number of aromatic nitrogens is 2. The fourth-order valence-electron chi connectivity index (χ4n) is 2.69. The van der Waals surface area contributed by atoms with E-state index in [1.54, 1.807) is 0 Å². The van der Waals surface area contributed by atoms with Crippen LogP contribution in [0.3, 0.4) is 0 Å². The first-order valence-corrected chi connectivity index (χ1v) is 6.97. The molecule has 0 saturated carbocycles. The fraction of sp³-hybridized carbons (Fsp3) is 0.692. The van der Waals surface area contributed by atoms with Crippen molar-refractivity contribution < 1.29 is 4.79 Å². The second kappa shape index (κ2) is 5.21. The predicted octanol–water partition coefficient (Wildman–Crippen LogP) is -0.275. The number of anilines is 1. The van der Waals surface area contributed by atoms with Crippen molar-refractivity contribution >= 4 is 11.6 Å². The highest BCUT2D eigenvalue weighted by atomic mass is 16.2. The van der Waals surface area contributed by atoms with E-state index in [1.165, 1.54) is 0 Å². The van der Waals surface area contributed by atoms with Crippen LogP contribution in [0.4, 0.5) is 5.69 Å². The minimum atomic E-state index is 0.175. The van der Waals surface area contributed by atoms with Crippen LogP contribution in [-0.4, -0.2) is 47.9 Å². The maximum Gasteiger partial charge on any atom is 0.225 e. The average molecular weight is 263 g/mol. The summed E-state index contributed by atoms with van der Waals surface area (Å²) in [5.74, 6) is 0.380. The molecule has 0 aliphatic carbocycles. The Kier molecular flexibility index (Phi) is 3.42. The molecule has 2 aliphatic rings. The number of rotatable bonds is 3. The van der Waals surface area contributed by atoms with Gasteiger partial charge in [-0.25, -0.2) is 0 Å². The van der Waals surface area contributed by atoms with Gasteiger partial charge in [-0.1, -0.05) is 0 Å². The third-order valence-electron chi connectivity index (χ3n) is 3.98. The topological polar surface area (TPSA) is 62.2 Å². The van der Waals surface area contributed by atoms with Crippen LogP contribution in [0, 0.1) is 5.92 Å². The minimum absolute atomic E-state index is 0.175. The number of carbonyl (C=O) groups is 1. The van der Waals surface area contributed by atoms with Gasteiger partial charge < -0.3 is 15.5 Å². The van der Waals surface area contributed by atoms with Gasteiger partial charge in [0.15, 0.2) is 0 Å². The zero-order valence-electron chi connectivity index (χ0n) is 11.3. The Bertz CT molecular complexity index is 454. The van der Waals surface area contributed by atoms with Crippen molar-refractivity contribution in [3.8, 4) is 0 Å². The Labute approximate surface area is 113 Å². The van der Waals surface area contributed by atoms with Crippen molar-refractivity contribution in [2.45, 2.75) is 18.9 Å². The van der Waals surface area contributed by atoms with E-state index in [2.05, 4.69) is 20.6 Å². The summed E-state index contributed by atoms with van der Waals surface area (Å²) in [7, 11) is 1.93. The lowest BCUT2D eigenvalue weighted by Gasteiger charge is -2.35. The van der Waals surface area contributed by atoms with Crippen LogP contribution in [0.15, 0.2) is 12.4 Å². The van der Waals surface area contributed by atoms with E-state index in [-0.39, 0.29) is 17.9 Å². The summed E-state index contributed by atoms with van der Waals surface area (Å²) in [4.78, 5) is 14.3. The van der Waals surface area contributed by atoms with Gasteiger partial charge in [0, 0.05) is 45.5 Å². The van der Waals surface area contributed by atoms with Crippen LogP contribution in [0.1, 0.15) is 12.8 Å². The van der Waals surface area contributed by atoms with E-state index in [1.807, 2.05) is 24.1 Å². The Morgan fingerprint density at radius 3 is 3.00 bits per heavy atom. The molecule has 2 fully saturated rings. The molecule has 2 N–H and O–H groups in total. The number of nitrogens with one attached hydrogen (secondary N) is 2. The fourth-order valence-corrected chi connectivity index (χ4v) is 2.69. The van der Waals surface area contributed by atoms with Crippen LogP contribution < -0.4 is 15.5 Å². The molecular formula is C13H21N5O. The predicted molar refractivity (Wildman–Crippen MR) is 72.9 cm³/mol. The zero-order valence-corrected chi connectivity index (χ0v) is 11.3. The van der Waals surface area contributed by atoms with Crippen LogP contribution in [0.5, 0.6) is 0 Å². The van der Waals surface area contributed by atoms with Gasteiger partial charge in [-0.05, 0) is 12.8 Å². The van der Waals surface area contributed by atoms with E-state index in [0.29, 0.717) is 0 Å². The lowest BCUT2D eigenvalue weighted by atomic mass is 10.00. The summed E-state index contributed by atoms with van der Waals surface area (Å²) in [5, 5.41) is 10.5. The summed E-state index contributed by atoms with van der Waals surface area (Å²) in [5.41, 5.74) is 1.15. The number of piperidine rings is 1. The van der Waals surface area contributed by atoms with Gasteiger partial charge in [0.05, 0.1) is 17.8 Å².